The van der Waals surface area contributed by atoms with E-state index >= 15 is 0 Å². The van der Waals surface area contributed by atoms with Crippen LogP contribution >= 0.6 is 0 Å². The van der Waals surface area contributed by atoms with Gasteiger partial charge in [-0.25, -0.2) is 0 Å². The third-order valence-corrected chi connectivity index (χ3v) is 4.10. The molecule has 110 valence electrons. The highest BCUT2D eigenvalue weighted by atomic mass is 16.6. The number of benzene rings is 1. The van der Waals surface area contributed by atoms with Crippen LogP contribution in [0.25, 0.3) is 0 Å². The highest BCUT2D eigenvalue weighted by molar-refractivity contribution is 5.51. The number of hydrogen-bond acceptors (Lipinski definition) is 4. The van der Waals surface area contributed by atoms with Crippen molar-refractivity contribution in [2.24, 2.45) is 5.92 Å². The maximum absolute atomic E-state index is 5.82. The van der Waals surface area contributed by atoms with E-state index in [0.29, 0.717) is 25.7 Å². The van der Waals surface area contributed by atoms with Gasteiger partial charge in [-0.05, 0) is 49.9 Å². The predicted octanol–water partition coefficient (Wildman–Crippen LogP) is 2.15. The number of fused-ring (bicyclic) bond motifs is 1. The fourth-order valence-electron chi connectivity index (χ4n) is 3.12. The second kappa shape index (κ2) is 6.46. The normalized spacial score (nSPS) is 21.8. The fraction of sp³-hybridized carbons (Fsp3) is 0.625. The largest absolute Gasteiger partial charge is 0.486 e. The van der Waals surface area contributed by atoms with E-state index < -0.39 is 0 Å². The van der Waals surface area contributed by atoms with Crippen LogP contribution in [-0.4, -0.2) is 33.4 Å². The molecular formula is C16H23NO3. The van der Waals surface area contributed by atoms with Crippen LogP contribution in [0.15, 0.2) is 12.1 Å². The molecule has 0 aromatic heterocycles. The summed E-state index contributed by atoms with van der Waals surface area (Å²) in [7, 11) is 1.73. The molecule has 2 aliphatic heterocycles. The highest BCUT2D eigenvalue weighted by Crippen LogP contribution is 2.37. The second-order valence-corrected chi connectivity index (χ2v) is 5.58. The van der Waals surface area contributed by atoms with Crippen LogP contribution in [0.3, 0.4) is 0 Å². The summed E-state index contributed by atoms with van der Waals surface area (Å²) < 4.78 is 16.9. The summed E-state index contributed by atoms with van der Waals surface area (Å²) in [4.78, 5) is 0. The Balaban J connectivity index is 1.84. The number of hydrogen-bond donors (Lipinski definition) is 1. The minimum Gasteiger partial charge on any atom is -0.486 e. The van der Waals surface area contributed by atoms with Gasteiger partial charge in [-0.1, -0.05) is 6.07 Å². The van der Waals surface area contributed by atoms with Crippen molar-refractivity contribution >= 4 is 0 Å². The Kier molecular flexibility index (Phi) is 4.43. The van der Waals surface area contributed by atoms with E-state index in [2.05, 4.69) is 11.4 Å². The molecule has 1 saturated heterocycles. The smallest absolute Gasteiger partial charge is 0.167 e. The van der Waals surface area contributed by atoms with Crippen molar-refractivity contribution in [2.45, 2.75) is 25.9 Å². The molecule has 2 aliphatic rings. The zero-order valence-electron chi connectivity index (χ0n) is 12.1. The van der Waals surface area contributed by atoms with E-state index in [9.17, 15) is 0 Å². The summed E-state index contributed by atoms with van der Waals surface area (Å²) in [5.74, 6) is 2.45. The molecule has 0 spiro atoms. The van der Waals surface area contributed by atoms with Crippen LogP contribution < -0.4 is 14.8 Å². The van der Waals surface area contributed by atoms with Crippen LogP contribution in [-0.2, 0) is 17.8 Å². The third kappa shape index (κ3) is 2.91. The van der Waals surface area contributed by atoms with Crippen molar-refractivity contribution < 1.29 is 14.2 Å². The maximum Gasteiger partial charge on any atom is 0.167 e. The van der Waals surface area contributed by atoms with E-state index in [4.69, 9.17) is 14.2 Å². The molecule has 20 heavy (non-hydrogen) atoms. The van der Waals surface area contributed by atoms with E-state index in [0.717, 1.165) is 36.6 Å². The average Bonchev–Trinajstić information content (AvgIpc) is 2.51. The Hall–Kier alpha value is -1.26. The molecule has 1 atom stereocenters. The lowest BCUT2D eigenvalue weighted by Gasteiger charge is -2.26. The first-order valence-electron chi connectivity index (χ1n) is 7.48. The Morgan fingerprint density at radius 3 is 3.00 bits per heavy atom. The van der Waals surface area contributed by atoms with Crippen molar-refractivity contribution in [3.05, 3.63) is 23.3 Å². The van der Waals surface area contributed by atoms with Crippen LogP contribution in [0, 0.1) is 5.92 Å². The number of rotatable bonds is 4. The topological polar surface area (TPSA) is 39.7 Å². The van der Waals surface area contributed by atoms with E-state index in [-0.39, 0.29) is 0 Å². The van der Waals surface area contributed by atoms with E-state index in [1.165, 1.54) is 18.4 Å². The van der Waals surface area contributed by atoms with Crippen molar-refractivity contribution in [1.29, 1.82) is 0 Å². The van der Waals surface area contributed by atoms with Crippen molar-refractivity contribution in [3.63, 3.8) is 0 Å². The molecule has 2 heterocycles. The summed E-state index contributed by atoms with van der Waals surface area (Å²) in [6, 6.07) is 4.22. The third-order valence-electron chi connectivity index (χ3n) is 4.10. The van der Waals surface area contributed by atoms with Crippen molar-refractivity contribution in [1.82, 2.24) is 5.32 Å². The van der Waals surface area contributed by atoms with Gasteiger partial charge in [-0.15, -0.1) is 0 Å². The quantitative estimate of drug-likeness (QED) is 0.915. The Bertz CT molecular complexity index is 455. The number of methoxy groups -OCH3 is 1. The van der Waals surface area contributed by atoms with Gasteiger partial charge in [0.25, 0.3) is 0 Å². The van der Waals surface area contributed by atoms with Gasteiger partial charge in [0.05, 0.1) is 6.61 Å². The minimum atomic E-state index is 0.585. The molecule has 3 rings (SSSR count). The zero-order chi connectivity index (χ0) is 13.8. The summed E-state index contributed by atoms with van der Waals surface area (Å²) in [5, 5.41) is 3.48. The van der Waals surface area contributed by atoms with E-state index in [1.807, 2.05) is 6.07 Å². The monoisotopic (exact) mass is 277 g/mol. The Morgan fingerprint density at radius 1 is 1.30 bits per heavy atom. The fourth-order valence-corrected chi connectivity index (χ4v) is 3.12. The summed E-state index contributed by atoms with van der Waals surface area (Å²) in [6.45, 7) is 4.11. The van der Waals surface area contributed by atoms with Gasteiger partial charge in [-0.2, -0.15) is 0 Å². The SMILES string of the molecule is COCc1c(CC2CCCNC2)ccc2c1OCCO2. The summed E-state index contributed by atoms with van der Waals surface area (Å²) >= 11 is 0. The van der Waals surface area contributed by atoms with Gasteiger partial charge in [0.1, 0.15) is 13.2 Å². The number of piperidine rings is 1. The lowest BCUT2D eigenvalue weighted by atomic mass is 9.90. The summed E-state index contributed by atoms with van der Waals surface area (Å²) in [5.41, 5.74) is 2.50. The lowest BCUT2D eigenvalue weighted by molar-refractivity contribution is 0.152. The molecule has 1 aromatic rings. The molecular weight excluding hydrogens is 254 g/mol. The molecule has 0 radical (unpaired) electrons. The van der Waals surface area contributed by atoms with Crippen LogP contribution in [0.4, 0.5) is 0 Å². The van der Waals surface area contributed by atoms with Gasteiger partial charge in [0.15, 0.2) is 11.5 Å². The number of ether oxygens (including phenoxy) is 3. The predicted molar refractivity (Wildman–Crippen MR) is 77.4 cm³/mol. The van der Waals surface area contributed by atoms with Gasteiger partial charge >= 0.3 is 0 Å². The van der Waals surface area contributed by atoms with Crippen LogP contribution in [0.5, 0.6) is 11.5 Å². The van der Waals surface area contributed by atoms with Gasteiger partial charge < -0.3 is 19.5 Å². The van der Waals surface area contributed by atoms with Gasteiger partial charge in [0, 0.05) is 12.7 Å². The molecule has 1 fully saturated rings. The molecule has 4 heteroatoms. The first kappa shape index (κ1) is 13.7. The van der Waals surface area contributed by atoms with Crippen molar-refractivity contribution in [3.8, 4) is 11.5 Å². The Morgan fingerprint density at radius 2 is 2.20 bits per heavy atom. The number of nitrogens with one attached hydrogen (secondary N) is 1. The molecule has 0 amide bonds. The molecule has 0 bridgehead atoms. The standard InChI is InChI=1S/C16H23NO3/c1-18-11-14-13(9-12-3-2-6-17-10-12)4-5-15-16(14)20-8-7-19-15/h4-5,12,17H,2-3,6-11H2,1H3. The maximum atomic E-state index is 5.82. The van der Waals surface area contributed by atoms with E-state index in [1.54, 1.807) is 7.11 Å². The Labute approximate surface area is 120 Å². The first-order chi connectivity index (χ1) is 9.88. The molecule has 0 saturated carbocycles. The first-order valence-corrected chi connectivity index (χ1v) is 7.48. The molecule has 4 nitrogen and oxygen atoms in total. The molecule has 0 aliphatic carbocycles. The molecule has 1 aromatic carbocycles. The summed E-state index contributed by atoms with van der Waals surface area (Å²) in [6.07, 6.45) is 3.66. The minimum absolute atomic E-state index is 0.585. The average molecular weight is 277 g/mol. The molecule has 1 N–H and O–H groups in total. The van der Waals surface area contributed by atoms with Crippen LogP contribution in [0.1, 0.15) is 24.0 Å². The second-order valence-electron chi connectivity index (χ2n) is 5.58. The molecule has 1 unspecified atom stereocenters. The van der Waals surface area contributed by atoms with Gasteiger partial charge in [0.2, 0.25) is 0 Å². The zero-order valence-corrected chi connectivity index (χ0v) is 12.1. The van der Waals surface area contributed by atoms with Crippen molar-refractivity contribution in [2.75, 3.05) is 33.4 Å². The van der Waals surface area contributed by atoms with Crippen LogP contribution in [0.2, 0.25) is 0 Å². The lowest BCUT2D eigenvalue weighted by Crippen LogP contribution is -2.31. The van der Waals surface area contributed by atoms with Gasteiger partial charge in [-0.3, -0.25) is 0 Å². The highest BCUT2D eigenvalue weighted by Gasteiger charge is 2.22.